The Labute approximate surface area is 175 Å². The molecule has 2 rings (SSSR count). The first kappa shape index (κ1) is 22.7. The Morgan fingerprint density at radius 1 is 1.27 bits per heavy atom. The third-order valence-corrected chi connectivity index (χ3v) is 4.42. The van der Waals surface area contributed by atoms with Crippen molar-refractivity contribution < 1.29 is 4.39 Å². The second kappa shape index (κ2) is 11.4. The highest BCUT2D eigenvalue weighted by Crippen LogP contribution is 2.17. The van der Waals surface area contributed by atoms with Crippen LogP contribution in [0.4, 0.5) is 4.39 Å². The number of aryl methyl sites for hydroxylation is 1. The minimum Gasteiger partial charge on any atom is -0.357 e. The zero-order chi connectivity index (χ0) is 18.2. The van der Waals surface area contributed by atoms with E-state index in [2.05, 4.69) is 25.8 Å². The van der Waals surface area contributed by atoms with Crippen molar-refractivity contribution in [2.24, 2.45) is 12.0 Å². The minimum absolute atomic E-state index is 0. The molecule has 0 bridgehead atoms. The molecule has 0 aliphatic heterocycles. The Morgan fingerprint density at radius 2 is 2.04 bits per heavy atom. The van der Waals surface area contributed by atoms with Gasteiger partial charge in [-0.2, -0.15) is 11.8 Å². The third kappa shape index (κ3) is 6.42. The first-order valence-electron chi connectivity index (χ1n) is 8.18. The lowest BCUT2D eigenvalue weighted by atomic mass is 10.1. The fourth-order valence-corrected chi connectivity index (χ4v) is 2.89. The van der Waals surface area contributed by atoms with Crippen LogP contribution in [0.1, 0.15) is 29.7 Å². The van der Waals surface area contributed by atoms with Crippen LogP contribution in [0.25, 0.3) is 0 Å². The van der Waals surface area contributed by atoms with Crippen LogP contribution in [0, 0.1) is 12.7 Å². The van der Waals surface area contributed by atoms with E-state index in [0.29, 0.717) is 19.0 Å². The van der Waals surface area contributed by atoms with Gasteiger partial charge in [-0.15, -0.1) is 34.2 Å². The van der Waals surface area contributed by atoms with E-state index in [1.165, 1.54) is 6.07 Å². The summed E-state index contributed by atoms with van der Waals surface area (Å²) in [5.41, 5.74) is 2.01. The first-order chi connectivity index (χ1) is 12.0. The molecule has 1 heterocycles. The molecule has 0 fully saturated rings. The summed E-state index contributed by atoms with van der Waals surface area (Å²) in [6.07, 6.45) is 2.01. The number of hydrogen-bond donors (Lipinski definition) is 2. The summed E-state index contributed by atoms with van der Waals surface area (Å²) in [6.45, 7) is 5.71. The first-order valence-corrected chi connectivity index (χ1v) is 9.57. The number of halogens is 2. The van der Waals surface area contributed by atoms with Crippen molar-refractivity contribution in [1.29, 1.82) is 0 Å². The third-order valence-electron chi connectivity index (χ3n) is 3.82. The van der Waals surface area contributed by atoms with Gasteiger partial charge >= 0.3 is 0 Å². The number of hydrogen-bond acceptors (Lipinski definition) is 4. The topological polar surface area (TPSA) is 67.1 Å². The van der Waals surface area contributed by atoms with Gasteiger partial charge in [0.25, 0.3) is 0 Å². The molecule has 1 aromatic heterocycles. The van der Waals surface area contributed by atoms with Crippen LogP contribution in [-0.2, 0) is 25.9 Å². The monoisotopic (exact) mass is 492 g/mol. The van der Waals surface area contributed by atoms with E-state index >= 15 is 0 Å². The van der Waals surface area contributed by atoms with Gasteiger partial charge in [-0.25, -0.2) is 9.38 Å². The predicted octanol–water partition coefficient (Wildman–Crippen LogP) is 3.00. The van der Waals surface area contributed by atoms with Crippen LogP contribution >= 0.6 is 35.7 Å². The lowest BCUT2D eigenvalue weighted by Crippen LogP contribution is -2.37. The fourth-order valence-electron chi connectivity index (χ4n) is 2.31. The molecule has 0 aliphatic rings. The molecule has 0 saturated carbocycles. The molecule has 0 radical (unpaired) electrons. The Bertz CT molecular complexity index is 734. The van der Waals surface area contributed by atoms with E-state index in [9.17, 15) is 4.39 Å². The van der Waals surface area contributed by atoms with Gasteiger partial charge in [0, 0.05) is 19.3 Å². The normalized spacial score (nSPS) is 11.2. The van der Waals surface area contributed by atoms with Gasteiger partial charge in [0.2, 0.25) is 0 Å². The second-order valence-corrected chi connectivity index (χ2v) is 6.48. The lowest BCUT2D eigenvalue weighted by Gasteiger charge is -2.12. The Kier molecular flexibility index (Phi) is 9.92. The minimum atomic E-state index is -0.209. The number of aliphatic imine (C=N–C) groups is 1. The maximum atomic E-state index is 13.5. The van der Waals surface area contributed by atoms with Crippen molar-refractivity contribution in [2.45, 2.75) is 32.7 Å². The second-order valence-electron chi connectivity index (χ2n) is 5.62. The van der Waals surface area contributed by atoms with Gasteiger partial charge in [-0.1, -0.05) is 6.07 Å². The summed E-state index contributed by atoms with van der Waals surface area (Å²) in [4.78, 5) is 4.61. The Morgan fingerprint density at radius 3 is 2.65 bits per heavy atom. The standard InChI is InChI=1S/C17H25FN6S.HI/c1-5-19-17(21-10-16-23-22-12(2)24(16)3)20-9-13-6-7-15(18)8-14(13)11-25-4;/h6-8H,5,9-11H2,1-4H3,(H2,19,20,21);1H. The van der Waals surface area contributed by atoms with Gasteiger partial charge < -0.3 is 15.2 Å². The molecule has 144 valence electrons. The van der Waals surface area contributed by atoms with Crippen molar-refractivity contribution in [3.8, 4) is 0 Å². The van der Waals surface area contributed by atoms with Crippen LogP contribution in [0.5, 0.6) is 0 Å². The van der Waals surface area contributed by atoms with Gasteiger partial charge in [0.05, 0.1) is 13.1 Å². The summed E-state index contributed by atoms with van der Waals surface area (Å²) in [6, 6.07) is 4.88. The molecule has 0 aliphatic carbocycles. The van der Waals surface area contributed by atoms with Crippen molar-refractivity contribution in [2.75, 3.05) is 12.8 Å². The van der Waals surface area contributed by atoms with Gasteiger partial charge in [0.15, 0.2) is 11.8 Å². The van der Waals surface area contributed by atoms with Gasteiger partial charge in [-0.05, 0) is 43.4 Å². The molecular weight excluding hydrogens is 466 g/mol. The molecule has 2 N–H and O–H groups in total. The number of guanidine groups is 1. The zero-order valence-electron chi connectivity index (χ0n) is 15.5. The summed E-state index contributed by atoms with van der Waals surface area (Å²) >= 11 is 1.67. The average molecular weight is 492 g/mol. The summed E-state index contributed by atoms with van der Waals surface area (Å²) in [5, 5.41) is 14.7. The number of thioether (sulfide) groups is 1. The molecule has 0 saturated heterocycles. The molecule has 26 heavy (non-hydrogen) atoms. The number of nitrogens with one attached hydrogen (secondary N) is 2. The fraction of sp³-hybridized carbons (Fsp3) is 0.471. The molecule has 0 unspecified atom stereocenters. The largest absolute Gasteiger partial charge is 0.357 e. The Hall–Kier alpha value is -1.36. The number of nitrogens with zero attached hydrogens (tertiary/aromatic N) is 4. The number of aromatic nitrogens is 3. The summed E-state index contributed by atoms with van der Waals surface area (Å²) in [7, 11) is 1.93. The van der Waals surface area contributed by atoms with Crippen LogP contribution in [0.3, 0.4) is 0 Å². The molecule has 0 spiro atoms. The average Bonchev–Trinajstić information content (AvgIpc) is 2.91. The number of benzene rings is 1. The van der Waals surface area contributed by atoms with Crippen molar-refractivity contribution in [1.82, 2.24) is 25.4 Å². The van der Waals surface area contributed by atoms with Crippen LogP contribution < -0.4 is 10.6 Å². The molecule has 6 nitrogen and oxygen atoms in total. The van der Waals surface area contributed by atoms with E-state index in [1.807, 2.05) is 31.7 Å². The lowest BCUT2D eigenvalue weighted by molar-refractivity contribution is 0.625. The highest BCUT2D eigenvalue weighted by molar-refractivity contribution is 14.0. The van der Waals surface area contributed by atoms with Crippen LogP contribution in [-0.4, -0.2) is 33.5 Å². The highest BCUT2D eigenvalue weighted by atomic mass is 127. The Balaban J connectivity index is 0.00000338. The quantitative estimate of drug-likeness (QED) is 0.354. The van der Waals surface area contributed by atoms with E-state index < -0.39 is 0 Å². The van der Waals surface area contributed by atoms with E-state index in [1.54, 1.807) is 23.9 Å². The molecular formula is C17H26FIN6S. The molecule has 9 heteroatoms. The summed E-state index contributed by atoms with van der Waals surface area (Å²) < 4.78 is 15.4. The van der Waals surface area contributed by atoms with Crippen molar-refractivity contribution >= 4 is 41.7 Å². The van der Waals surface area contributed by atoms with Crippen LogP contribution in [0.15, 0.2) is 23.2 Å². The smallest absolute Gasteiger partial charge is 0.191 e. The predicted molar refractivity (Wildman–Crippen MR) is 116 cm³/mol. The molecule has 0 atom stereocenters. The van der Waals surface area contributed by atoms with Crippen molar-refractivity contribution in [3.05, 3.63) is 46.8 Å². The molecule has 2 aromatic rings. The number of rotatable bonds is 7. The van der Waals surface area contributed by atoms with Gasteiger partial charge in [0.1, 0.15) is 11.6 Å². The zero-order valence-corrected chi connectivity index (χ0v) is 18.7. The van der Waals surface area contributed by atoms with Gasteiger partial charge in [-0.3, -0.25) is 0 Å². The maximum absolute atomic E-state index is 13.5. The highest BCUT2D eigenvalue weighted by Gasteiger charge is 2.07. The van der Waals surface area contributed by atoms with Crippen molar-refractivity contribution in [3.63, 3.8) is 0 Å². The van der Waals surface area contributed by atoms with Crippen LogP contribution in [0.2, 0.25) is 0 Å². The van der Waals surface area contributed by atoms with E-state index in [4.69, 9.17) is 0 Å². The SMILES string of the molecule is CCNC(=NCc1ccc(F)cc1CSC)NCc1nnc(C)n1C.I. The van der Waals surface area contributed by atoms with E-state index in [-0.39, 0.29) is 29.8 Å². The summed E-state index contributed by atoms with van der Waals surface area (Å²) in [5.74, 6) is 2.96. The van der Waals surface area contributed by atoms with E-state index in [0.717, 1.165) is 35.1 Å². The maximum Gasteiger partial charge on any atom is 0.191 e. The molecule has 0 amide bonds. The molecule has 1 aromatic carbocycles.